The molecule has 4 nitrogen and oxygen atoms in total. The van der Waals surface area contributed by atoms with Crippen molar-refractivity contribution in [3.63, 3.8) is 0 Å². The molecule has 0 saturated heterocycles. The maximum absolute atomic E-state index is 12.1. The zero-order valence-corrected chi connectivity index (χ0v) is 6.06. The van der Waals surface area contributed by atoms with E-state index in [1.54, 1.807) is 0 Å². The van der Waals surface area contributed by atoms with Gasteiger partial charge in [-0.2, -0.15) is 8.78 Å². The lowest BCUT2D eigenvalue weighted by atomic mass is 10.6. The van der Waals surface area contributed by atoms with Gasteiger partial charge in [-0.3, -0.25) is 4.74 Å². The summed E-state index contributed by atoms with van der Waals surface area (Å²) in [5.41, 5.74) is 0. The largest absolute Gasteiger partial charge is 0.458 e. The molecule has 0 aromatic heterocycles. The standard InChI is InChI=1S/C5H4F4O4/c6-1-3(10)13-4(11)5(8,9)12-2-7/h1-2H2. The Labute approximate surface area is 69.4 Å². The minimum atomic E-state index is -4.58. The highest BCUT2D eigenvalue weighted by Crippen LogP contribution is 2.17. The smallest absolute Gasteiger partial charge is 0.385 e. The van der Waals surface area contributed by atoms with Crippen LogP contribution in [0.3, 0.4) is 0 Å². The maximum atomic E-state index is 12.1. The van der Waals surface area contributed by atoms with Gasteiger partial charge in [-0.25, -0.2) is 18.4 Å². The summed E-state index contributed by atoms with van der Waals surface area (Å²) in [6.45, 7) is -3.68. The number of hydrogen-bond acceptors (Lipinski definition) is 4. The molecule has 0 heterocycles. The molecule has 13 heavy (non-hydrogen) atoms. The normalized spacial score (nSPS) is 11.1. The van der Waals surface area contributed by atoms with E-state index in [0.29, 0.717) is 0 Å². The molecule has 0 amide bonds. The fourth-order valence-corrected chi connectivity index (χ4v) is 0.318. The van der Waals surface area contributed by atoms with Crippen LogP contribution in [0.4, 0.5) is 17.6 Å². The molecule has 0 aromatic rings. The molecular weight excluding hydrogens is 200 g/mol. The number of esters is 2. The zero-order valence-electron chi connectivity index (χ0n) is 6.06. The van der Waals surface area contributed by atoms with Gasteiger partial charge >= 0.3 is 18.0 Å². The maximum Gasteiger partial charge on any atom is 0.458 e. The molecule has 0 N–H and O–H groups in total. The number of carbonyl (C=O) groups excluding carboxylic acids is 2. The Bertz CT molecular complexity index is 205. The highest BCUT2D eigenvalue weighted by Gasteiger charge is 2.44. The van der Waals surface area contributed by atoms with Gasteiger partial charge in [0, 0.05) is 0 Å². The number of ether oxygens (including phenoxy) is 2. The van der Waals surface area contributed by atoms with E-state index in [2.05, 4.69) is 9.47 Å². The molecular formula is C5H4F4O4. The van der Waals surface area contributed by atoms with Gasteiger partial charge in [0.25, 0.3) is 0 Å². The summed E-state index contributed by atoms with van der Waals surface area (Å²) >= 11 is 0. The molecule has 0 aliphatic heterocycles. The number of alkyl halides is 4. The van der Waals surface area contributed by atoms with Crippen molar-refractivity contribution < 1.29 is 36.6 Å². The van der Waals surface area contributed by atoms with Crippen LogP contribution in [0.25, 0.3) is 0 Å². The lowest BCUT2D eigenvalue weighted by Crippen LogP contribution is -2.35. The van der Waals surface area contributed by atoms with E-state index >= 15 is 0 Å². The Balaban J connectivity index is 4.16. The fourth-order valence-electron chi connectivity index (χ4n) is 0.318. The minimum Gasteiger partial charge on any atom is -0.385 e. The molecule has 8 heteroatoms. The van der Waals surface area contributed by atoms with Crippen molar-refractivity contribution in [3.05, 3.63) is 0 Å². The van der Waals surface area contributed by atoms with Crippen molar-refractivity contribution in [2.45, 2.75) is 6.11 Å². The van der Waals surface area contributed by atoms with E-state index < -0.39 is 31.6 Å². The summed E-state index contributed by atoms with van der Waals surface area (Å²) in [5, 5.41) is 0. The SMILES string of the molecule is O=C(CF)OC(=O)C(F)(F)OCF. The van der Waals surface area contributed by atoms with Crippen molar-refractivity contribution in [1.29, 1.82) is 0 Å². The first-order chi connectivity index (χ1) is 5.94. The number of carbonyl (C=O) groups is 2. The van der Waals surface area contributed by atoms with Crippen molar-refractivity contribution in [1.82, 2.24) is 0 Å². The van der Waals surface area contributed by atoms with Crippen LogP contribution < -0.4 is 0 Å². The van der Waals surface area contributed by atoms with Gasteiger partial charge in [0.2, 0.25) is 0 Å². The zero-order chi connectivity index (χ0) is 10.5. The fraction of sp³-hybridized carbons (Fsp3) is 0.600. The van der Waals surface area contributed by atoms with Crippen molar-refractivity contribution in [2.24, 2.45) is 0 Å². The molecule has 0 spiro atoms. The molecule has 0 unspecified atom stereocenters. The summed E-state index contributed by atoms with van der Waals surface area (Å²) < 4.78 is 52.9. The molecule has 0 fully saturated rings. The van der Waals surface area contributed by atoms with Crippen molar-refractivity contribution in [3.8, 4) is 0 Å². The molecule has 0 rings (SSSR count). The quantitative estimate of drug-likeness (QED) is 0.381. The van der Waals surface area contributed by atoms with Crippen LogP contribution in [0.2, 0.25) is 0 Å². The Morgan fingerprint density at radius 2 is 1.77 bits per heavy atom. The predicted molar refractivity (Wildman–Crippen MR) is 29.1 cm³/mol. The van der Waals surface area contributed by atoms with Gasteiger partial charge in [0.1, 0.15) is 0 Å². The first-order valence-corrected chi connectivity index (χ1v) is 2.83. The monoisotopic (exact) mass is 204 g/mol. The average Bonchev–Trinajstić information content (AvgIpc) is 2.04. The molecule has 76 valence electrons. The molecule has 0 atom stereocenters. The summed E-state index contributed by atoms with van der Waals surface area (Å²) in [4.78, 5) is 20.1. The van der Waals surface area contributed by atoms with Gasteiger partial charge in [0.05, 0.1) is 0 Å². The van der Waals surface area contributed by atoms with E-state index in [-0.39, 0.29) is 0 Å². The highest BCUT2D eigenvalue weighted by molar-refractivity contribution is 5.88. The third-order valence-corrected chi connectivity index (χ3v) is 0.789. The van der Waals surface area contributed by atoms with Gasteiger partial charge < -0.3 is 4.74 Å². The van der Waals surface area contributed by atoms with Crippen LogP contribution in [-0.4, -0.2) is 31.6 Å². The van der Waals surface area contributed by atoms with E-state index in [1.165, 1.54) is 0 Å². The molecule has 0 aromatic carbocycles. The van der Waals surface area contributed by atoms with Crippen LogP contribution in [-0.2, 0) is 19.1 Å². The lowest BCUT2D eigenvalue weighted by Gasteiger charge is -2.10. The summed E-state index contributed by atoms with van der Waals surface area (Å²) in [6.07, 6.45) is -4.58. The topological polar surface area (TPSA) is 52.6 Å². The molecule has 0 saturated carbocycles. The summed E-state index contributed by atoms with van der Waals surface area (Å²) in [7, 11) is 0. The lowest BCUT2D eigenvalue weighted by molar-refractivity contribution is -0.259. The third-order valence-electron chi connectivity index (χ3n) is 0.789. The van der Waals surface area contributed by atoms with Gasteiger partial charge in [-0.1, -0.05) is 0 Å². The van der Waals surface area contributed by atoms with Crippen LogP contribution in [0.15, 0.2) is 0 Å². The molecule has 0 aliphatic carbocycles. The number of rotatable bonds is 4. The third kappa shape index (κ3) is 3.83. The van der Waals surface area contributed by atoms with Crippen LogP contribution >= 0.6 is 0 Å². The van der Waals surface area contributed by atoms with Crippen molar-refractivity contribution in [2.75, 3.05) is 13.5 Å². The van der Waals surface area contributed by atoms with Gasteiger partial charge in [0.15, 0.2) is 13.5 Å². The summed E-state index contributed by atoms with van der Waals surface area (Å²) in [6, 6.07) is 0. The van der Waals surface area contributed by atoms with E-state index in [0.717, 1.165) is 0 Å². The Morgan fingerprint density at radius 3 is 2.15 bits per heavy atom. The average molecular weight is 204 g/mol. The minimum absolute atomic E-state index is 1.74. The first-order valence-electron chi connectivity index (χ1n) is 2.83. The molecule has 0 aliphatic rings. The van der Waals surface area contributed by atoms with Crippen LogP contribution in [0, 0.1) is 0 Å². The second-order valence-electron chi connectivity index (χ2n) is 1.67. The Kier molecular flexibility index (Phi) is 4.32. The first kappa shape index (κ1) is 11.8. The predicted octanol–water partition coefficient (Wildman–Crippen LogP) is 0.562. The van der Waals surface area contributed by atoms with Crippen LogP contribution in [0.1, 0.15) is 0 Å². The number of halogens is 4. The Morgan fingerprint density at radius 1 is 1.23 bits per heavy atom. The van der Waals surface area contributed by atoms with E-state index in [4.69, 9.17) is 0 Å². The van der Waals surface area contributed by atoms with Gasteiger partial charge in [-0.05, 0) is 0 Å². The molecule has 0 radical (unpaired) electrons. The van der Waals surface area contributed by atoms with Gasteiger partial charge in [-0.15, -0.1) is 0 Å². The molecule has 0 bridgehead atoms. The van der Waals surface area contributed by atoms with E-state index in [1.807, 2.05) is 0 Å². The Hall–Kier alpha value is -1.18. The second kappa shape index (κ2) is 4.75. The van der Waals surface area contributed by atoms with E-state index in [9.17, 15) is 27.2 Å². The van der Waals surface area contributed by atoms with Crippen molar-refractivity contribution >= 4 is 11.9 Å². The summed E-state index contributed by atoms with van der Waals surface area (Å²) in [5.74, 6) is -4.25. The second-order valence-corrected chi connectivity index (χ2v) is 1.67. The highest BCUT2D eigenvalue weighted by atomic mass is 19.3. The number of hydrogen-bond donors (Lipinski definition) is 0. The van der Waals surface area contributed by atoms with Crippen LogP contribution in [0.5, 0.6) is 0 Å².